The first-order valence-corrected chi connectivity index (χ1v) is 7.34. The summed E-state index contributed by atoms with van der Waals surface area (Å²) in [5.41, 5.74) is 6.45. The van der Waals surface area contributed by atoms with Crippen LogP contribution in [0.4, 0.5) is 10.7 Å². The molecule has 1 aromatic heterocycles. The molecule has 3 N–H and O–H groups in total. The Bertz CT molecular complexity index is 429. The van der Waals surface area contributed by atoms with Crippen molar-refractivity contribution < 1.29 is 9.47 Å². The van der Waals surface area contributed by atoms with Gasteiger partial charge in [0.1, 0.15) is 15.9 Å². The lowest BCUT2D eigenvalue weighted by Gasteiger charge is -2.15. The standard InChI is InChI=1S/C11H17N3O2S2/c1-15-6-7(16-2)5-14-11-10(17-3)9(13)8(4-12)18-11/h7,14H,5-6,13H2,1-3H3. The van der Waals surface area contributed by atoms with Crippen LogP contribution in [-0.2, 0) is 9.47 Å². The van der Waals surface area contributed by atoms with E-state index in [4.69, 9.17) is 20.5 Å². The van der Waals surface area contributed by atoms with E-state index < -0.39 is 0 Å². The Morgan fingerprint density at radius 3 is 2.78 bits per heavy atom. The zero-order valence-electron chi connectivity index (χ0n) is 10.6. The van der Waals surface area contributed by atoms with E-state index in [0.29, 0.717) is 23.7 Å². The van der Waals surface area contributed by atoms with Gasteiger partial charge in [-0.05, 0) is 6.26 Å². The summed E-state index contributed by atoms with van der Waals surface area (Å²) in [6.45, 7) is 1.13. The first-order valence-electron chi connectivity index (χ1n) is 5.29. The third-order valence-corrected chi connectivity index (χ3v) is 4.41. The average molecular weight is 287 g/mol. The van der Waals surface area contributed by atoms with E-state index >= 15 is 0 Å². The van der Waals surface area contributed by atoms with E-state index in [9.17, 15) is 0 Å². The van der Waals surface area contributed by atoms with Crippen LogP contribution in [0.25, 0.3) is 0 Å². The molecule has 0 aliphatic carbocycles. The van der Waals surface area contributed by atoms with E-state index in [2.05, 4.69) is 11.4 Å². The highest BCUT2D eigenvalue weighted by Crippen LogP contribution is 2.41. The molecule has 0 saturated heterocycles. The molecule has 0 spiro atoms. The number of thioether (sulfide) groups is 1. The van der Waals surface area contributed by atoms with E-state index in [1.807, 2.05) is 6.26 Å². The molecule has 1 atom stereocenters. The molecule has 100 valence electrons. The van der Waals surface area contributed by atoms with E-state index in [0.717, 1.165) is 9.90 Å². The summed E-state index contributed by atoms with van der Waals surface area (Å²) in [5, 5.41) is 13.1. The highest BCUT2D eigenvalue weighted by atomic mass is 32.2. The van der Waals surface area contributed by atoms with Crippen molar-refractivity contribution in [3.8, 4) is 6.07 Å². The number of nitriles is 1. The quantitative estimate of drug-likeness (QED) is 0.747. The van der Waals surface area contributed by atoms with Gasteiger partial charge in [0.15, 0.2) is 0 Å². The van der Waals surface area contributed by atoms with Gasteiger partial charge in [-0.15, -0.1) is 23.1 Å². The lowest BCUT2D eigenvalue weighted by molar-refractivity contribution is 0.0366. The van der Waals surface area contributed by atoms with Crippen molar-refractivity contribution >= 4 is 33.8 Å². The molecule has 0 radical (unpaired) electrons. The molecule has 0 aliphatic heterocycles. The molecule has 1 rings (SSSR count). The summed E-state index contributed by atoms with van der Waals surface area (Å²) < 4.78 is 10.3. The summed E-state index contributed by atoms with van der Waals surface area (Å²) in [4.78, 5) is 1.46. The van der Waals surface area contributed by atoms with Crippen LogP contribution in [0.2, 0.25) is 0 Å². The number of methoxy groups -OCH3 is 2. The number of ether oxygens (including phenoxy) is 2. The van der Waals surface area contributed by atoms with Gasteiger partial charge in [0.05, 0.1) is 23.3 Å². The van der Waals surface area contributed by atoms with Crippen molar-refractivity contribution in [3.05, 3.63) is 4.88 Å². The Morgan fingerprint density at radius 1 is 1.56 bits per heavy atom. The number of hydrogen-bond donors (Lipinski definition) is 2. The summed E-state index contributed by atoms with van der Waals surface area (Å²) >= 11 is 2.90. The van der Waals surface area contributed by atoms with Crippen molar-refractivity contribution in [1.29, 1.82) is 5.26 Å². The number of nitrogens with two attached hydrogens (primary N) is 1. The van der Waals surface area contributed by atoms with Gasteiger partial charge in [0.2, 0.25) is 0 Å². The molecule has 0 fully saturated rings. The van der Waals surface area contributed by atoms with Crippen LogP contribution >= 0.6 is 23.1 Å². The zero-order chi connectivity index (χ0) is 13.5. The predicted molar refractivity (Wildman–Crippen MR) is 76.4 cm³/mol. The van der Waals surface area contributed by atoms with Crippen LogP contribution in [0, 0.1) is 11.3 Å². The van der Waals surface area contributed by atoms with Crippen LogP contribution in [0.3, 0.4) is 0 Å². The molecule has 5 nitrogen and oxygen atoms in total. The maximum atomic E-state index is 8.96. The number of nitrogens with zero attached hydrogens (tertiary/aromatic N) is 1. The molecule has 0 aromatic carbocycles. The third kappa shape index (κ3) is 3.53. The highest BCUT2D eigenvalue weighted by Gasteiger charge is 2.16. The lowest BCUT2D eigenvalue weighted by atomic mass is 10.3. The second-order valence-corrected chi connectivity index (χ2v) is 5.35. The van der Waals surface area contributed by atoms with Gasteiger partial charge >= 0.3 is 0 Å². The SMILES string of the molecule is COCC(CNc1sc(C#N)c(N)c1SC)OC. The molecule has 0 bridgehead atoms. The topological polar surface area (TPSA) is 80.3 Å². The van der Waals surface area contributed by atoms with Crippen LogP contribution in [-0.4, -0.2) is 39.7 Å². The van der Waals surface area contributed by atoms with Crippen molar-refractivity contribution in [1.82, 2.24) is 0 Å². The predicted octanol–water partition coefficient (Wildman–Crippen LogP) is 2.00. The molecule has 0 amide bonds. The van der Waals surface area contributed by atoms with Crippen LogP contribution in [0.15, 0.2) is 4.90 Å². The number of nitrogens with one attached hydrogen (secondary N) is 1. The largest absolute Gasteiger partial charge is 0.396 e. The zero-order valence-corrected chi connectivity index (χ0v) is 12.3. The Morgan fingerprint density at radius 2 is 2.28 bits per heavy atom. The Kier molecular flexibility index (Phi) is 6.29. The Labute approximate surface area is 115 Å². The molecule has 18 heavy (non-hydrogen) atoms. The van der Waals surface area contributed by atoms with Gasteiger partial charge in [-0.2, -0.15) is 5.26 Å². The minimum Gasteiger partial charge on any atom is -0.396 e. The lowest BCUT2D eigenvalue weighted by Crippen LogP contribution is -2.26. The molecule has 1 aromatic rings. The maximum absolute atomic E-state index is 8.96. The molecule has 7 heteroatoms. The number of nitrogen functional groups attached to an aromatic ring is 1. The molecule has 1 heterocycles. The van der Waals surface area contributed by atoms with Gasteiger partial charge in [-0.25, -0.2) is 0 Å². The van der Waals surface area contributed by atoms with Gasteiger partial charge in [0, 0.05) is 20.8 Å². The third-order valence-electron chi connectivity index (χ3n) is 2.38. The van der Waals surface area contributed by atoms with Crippen LogP contribution in [0.5, 0.6) is 0 Å². The Balaban J connectivity index is 2.75. The van der Waals surface area contributed by atoms with Crippen molar-refractivity contribution in [2.45, 2.75) is 11.0 Å². The number of thiophene rings is 1. The van der Waals surface area contributed by atoms with E-state index in [1.54, 1.807) is 14.2 Å². The smallest absolute Gasteiger partial charge is 0.131 e. The average Bonchev–Trinajstić information content (AvgIpc) is 2.70. The monoisotopic (exact) mass is 287 g/mol. The van der Waals surface area contributed by atoms with Gasteiger partial charge in [-0.3, -0.25) is 0 Å². The van der Waals surface area contributed by atoms with Crippen molar-refractivity contribution in [3.63, 3.8) is 0 Å². The first kappa shape index (κ1) is 15.1. The first-order chi connectivity index (χ1) is 8.67. The Hall–Kier alpha value is -0.940. The van der Waals surface area contributed by atoms with Crippen LogP contribution in [0.1, 0.15) is 4.88 Å². The fourth-order valence-electron chi connectivity index (χ4n) is 1.43. The van der Waals surface area contributed by atoms with Gasteiger partial charge in [-0.1, -0.05) is 0 Å². The van der Waals surface area contributed by atoms with Gasteiger partial charge < -0.3 is 20.5 Å². The second kappa shape index (κ2) is 7.48. The normalized spacial score (nSPS) is 12.1. The van der Waals surface area contributed by atoms with E-state index in [-0.39, 0.29) is 6.10 Å². The molecular weight excluding hydrogens is 270 g/mol. The molecular formula is C11H17N3O2S2. The minimum absolute atomic E-state index is 0.0291. The number of rotatable bonds is 7. The summed E-state index contributed by atoms with van der Waals surface area (Å²) in [7, 11) is 3.28. The van der Waals surface area contributed by atoms with E-state index in [1.165, 1.54) is 23.1 Å². The minimum atomic E-state index is -0.0291. The maximum Gasteiger partial charge on any atom is 0.131 e. The van der Waals surface area contributed by atoms with Crippen molar-refractivity contribution in [2.75, 3.05) is 44.7 Å². The highest BCUT2D eigenvalue weighted by molar-refractivity contribution is 7.99. The fourth-order valence-corrected chi connectivity index (χ4v) is 3.27. The van der Waals surface area contributed by atoms with Crippen LogP contribution < -0.4 is 11.1 Å². The number of hydrogen-bond acceptors (Lipinski definition) is 7. The number of anilines is 2. The second-order valence-electron chi connectivity index (χ2n) is 3.51. The van der Waals surface area contributed by atoms with Gasteiger partial charge in [0.25, 0.3) is 0 Å². The molecule has 1 unspecified atom stereocenters. The summed E-state index contributed by atoms with van der Waals surface area (Å²) in [6.07, 6.45) is 1.91. The molecule has 0 aliphatic rings. The molecule has 0 saturated carbocycles. The van der Waals surface area contributed by atoms with Crippen molar-refractivity contribution in [2.24, 2.45) is 0 Å². The fraction of sp³-hybridized carbons (Fsp3) is 0.545. The summed E-state index contributed by atoms with van der Waals surface area (Å²) in [5.74, 6) is 0. The summed E-state index contributed by atoms with van der Waals surface area (Å²) in [6, 6.07) is 2.10.